The number of benzene rings is 1. The predicted molar refractivity (Wildman–Crippen MR) is 75.5 cm³/mol. The Hall–Kier alpha value is -0.860. The van der Waals surface area contributed by atoms with Gasteiger partial charge in [-0.1, -0.05) is 58.9 Å². The summed E-state index contributed by atoms with van der Waals surface area (Å²) < 4.78 is 0. The highest BCUT2D eigenvalue weighted by Crippen LogP contribution is 2.36. The molecule has 1 rings (SSSR count). The standard InChI is InChI=1S/C16H26O2/c1-15(2,3)11-16(4,5)13-8-6-12(7-9-13)10-14(17)18/h6-9,14,17-18H,10-11H2,1-5H3. The Labute approximate surface area is 111 Å². The van der Waals surface area contributed by atoms with Crippen molar-refractivity contribution in [3.8, 4) is 0 Å². The van der Waals surface area contributed by atoms with Crippen molar-refractivity contribution in [2.75, 3.05) is 0 Å². The molecule has 0 unspecified atom stereocenters. The van der Waals surface area contributed by atoms with Gasteiger partial charge >= 0.3 is 0 Å². The summed E-state index contributed by atoms with van der Waals surface area (Å²) in [7, 11) is 0. The number of aliphatic hydroxyl groups excluding tert-OH is 1. The van der Waals surface area contributed by atoms with Crippen LogP contribution in [0.2, 0.25) is 0 Å². The number of aliphatic hydroxyl groups is 2. The highest BCUT2D eigenvalue weighted by atomic mass is 16.5. The van der Waals surface area contributed by atoms with E-state index in [1.807, 2.05) is 12.1 Å². The maximum Gasteiger partial charge on any atom is 0.155 e. The van der Waals surface area contributed by atoms with E-state index in [-0.39, 0.29) is 5.41 Å². The molecule has 2 heteroatoms. The molecule has 0 atom stereocenters. The van der Waals surface area contributed by atoms with Crippen LogP contribution in [0.4, 0.5) is 0 Å². The zero-order valence-electron chi connectivity index (χ0n) is 12.2. The third kappa shape index (κ3) is 4.79. The fourth-order valence-corrected chi connectivity index (χ4v) is 2.73. The lowest BCUT2D eigenvalue weighted by Crippen LogP contribution is -2.24. The van der Waals surface area contributed by atoms with Crippen LogP contribution in [-0.2, 0) is 11.8 Å². The number of rotatable bonds is 4. The van der Waals surface area contributed by atoms with Gasteiger partial charge in [0.25, 0.3) is 0 Å². The Morgan fingerprint density at radius 2 is 1.44 bits per heavy atom. The van der Waals surface area contributed by atoms with E-state index in [0.717, 1.165) is 12.0 Å². The van der Waals surface area contributed by atoms with Crippen LogP contribution in [0.3, 0.4) is 0 Å². The Morgan fingerprint density at radius 1 is 0.944 bits per heavy atom. The lowest BCUT2D eigenvalue weighted by Gasteiger charge is -2.33. The molecule has 1 aromatic rings. The van der Waals surface area contributed by atoms with Gasteiger partial charge in [0, 0.05) is 6.42 Å². The minimum absolute atomic E-state index is 0.134. The van der Waals surface area contributed by atoms with Crippen molar-refractivity contribution in [1.82, 2.24) is 0 Å². The first kappa shape index (κ1) is 15.2. The van der Waals surface area contributed by atoms with Gasteiger partial charge in [-0.2, -0.15) is 0 Å². The van der Waals surface area contributed by atoms with Crippen LogP contribution >= 0.6 is 0 Å². The highest BCUT2D eigenvalue weighted by Gasteiger charge is 2.26. The van der Waals surface area contributed by atoms with Gasteiger partial charge in [-0.25, -0.2) is 0 Å². The molecule has 102 valence electrons. The Balaban J connectivity index is 2.84. The molecule has 0 heterocycles. The second kappa shape index (κ2) is 5.41. The van der Waals surface area contributed by atoms with E-state index < -0.39 is 6.29 Å². The van der Waals surface area contributed by atoms with Gasteiger partial charge in [0.2, 0.25) is 0 Å². The van der Waals surface area contributed by atoms with Crippen molar-refractivity contribution in [2.24, 2.45) is 5.41 Å². The van der Waals surface area contributed by atoms with E-state index in [1.165, 1.54) is 5.56 Å². The van der Waals surface area contributed by atoms with E-state index in [9.17, 15) is 0 Å². The fraction of sp³-hybridized carbons (Fsp3) is 0.625. The zero-order chi connectivity index (χ0) is 14.0. The SMILES string of the molecule is CC(C)(C)CC(C)(C)c1ccc(CC(O)O)cc1. The smallest absolute Gasteiger partial charge is 0.155 e. The minimum atomic E-state index is -1.27. The van der Waals surface area contributed by atoms with Crippen molar-refractivity contribution in [1.29, 1.82) is 0 Å². The van der Waals surface area contributed by atoms with Crippen molar-refractivity contribution in [3.05, 3.63) is 35.4 Å². The van der Waals surface area contributed by atoms with E-state index in [4.69, 9.17) is 10.2 Å². The Kier molecular flexibility index (Phi) is 4.57. The second-order valence-electron chi connectivity index (χ2n) is 7.00. The monoisotopic (exact) mass is 250 g/mol. The first-order valence-electron chi connectivity index (χ1n) is 6.56. The van der Waals surface area contributed by atoms with Gasteiger partial charge in [-0.15, -0.1) is 0 Å². The van der Waals surface area contributed by atoms with Crippen molar-refractivity contribution < 1.29 is 10.2 Å². The molecule has 0 saturated carbocycles. The number of hydrogen-bond acceptors (Lipinski definition) is 2. The van der Waals surface area contributed by atoms with Crippen molar-refractivity contribution in [2.45, 2.75) is 59.2 Å². The molecule has 0 bridgehead atoms. The topological polar surface area (TPSA) is 40.5 Å². The van der Waals surface area contributed by atoms with Crippen molar-refractivity contribution in [3.63, 3.8) is 0 Å². The highest BCUT2D eigenvalue weighted by molar-refractivity contribution is 5.28. The molecule has 2 N–H and O–H groups in total. The summed E-state index contributed by atoms with van der Waals surface area (Å²) in [4.78, 5) is 0. The largest absolute Gasteiger partial charge is 0.368 e. The lowest BCUT2D eigenvalue weighted by atomic mass is 9.72. The van der Waals surface area contributed by atoms with Crippen LogP contribution in [0.1, 0.15) is 52.2 Å². The zero-order valence-corrected chi connectivity index (χ0v) is 12.2. The average molecular weight is 250 g/mol. The Morgan fingerprint density at radius 3 is 1.83 bits per heavy atom. The molecule has 0 fully saturated rings. The predicted octanol–water partition coefficient (Wildman–Crippen LogP) is 3.25. The first-order valence-corrected chi connectivity index (χ1v) is 6.56. The second-order valence-corrected chi connectivity index (χ2v) is 7.00. The summed E-state index contributed by atoms with van der Waals surface area (Å²) >= 11 is 0. The maximum absolute atomic E-state index is 8.94. The average Bonchev–Trinajstić information content (AvgIpc) is 2.13. The third-order valence-corrected chi connectivity index (χ3v) is 3.13. The summed E-state index contributed by atoms with van der Waals surface area (Å²) in [6.45, 7) is 11.3. The van der Waals surface area contributed by atoms with Crippen LogP contribution in [0.25, 0.3) is 0 Å². The molecule has 0 radical (unpaired) electrons. The molecule has 0 aliphatic carbocycles. The quantitative estimate of drug-likeness (QED) is 0.805. The molecular weight excluding hydrogens is 224 g/mol. The molecule has 18 heavy (non-hydrogen) atoms. The summed E-state index contributed by atoms with van der Waals surface area (Å²) in [5, 5.41) is 17.9. The van der Waals surface area contributed by atoms with Gasteiger partial charge < -0.3 is 10.2 Å². The summed E-state index contributed by atoms with van der Waals surface area (Å²) in [5.41, 5.74) is 2.69. The van der Waals surface area contributed by atoms with Gasteiger partial charge in [-0.05, 0) is 28.4 Å². The molecule has 0 amide bonds. The molecule has 0 spiro atoms. The number of hydrogen-bond donors (Lipinski definition) is 2. The third-order valence-electron chi connectivity index (χ3n) is 3.13. The van der Waals surface area contributed by atoms with E-state index in [2.05, 4.69) is 46.8 Å². The molecule has 1 aromatic carbocycles. The fourth-order valence-electron chi connectivity index (χ4n) is 2.73. The summed E-state index contributed by atoms with van der Waals surface area (Å²) in [6, 6.07) is 8.17. The lowest BCUT2D eigenvalue weighted by molar-refractivity contribution is -0.0381. The van der Waals surface area contributed by atoms with Crippen LogP contribution in [0.15, 0.2) is 24.3 Å². The van der Waals surface area contributed by atoms with Crippen LogP contribution in [0.5, 0.6) is 0 Å². The van der Waals surface area contributed by atoms with Gasteiger partial charge in [0.1, 0.15) is 0 Å². The van der Waals surface area contributed by atoms with Crippen molar-refractivity contribution >= 4 is 0 Å². The van der Waals surface area contributed by atoms with Crippen LogP contribution < -0.4 is 0 Å². The normalized spacial score (nSPS) is 13.1. The minimum Gasteiger partial charge on any atom is -0.368 e. The molecule has 0 aliphatic heterocycles. The molecule has 2 nitrogen and oxygen atoms in total. The van der Waals surface area contributed by atoms with E-state index in [1.54, 1.807) is 0 Å². The van der Waals surface area contributed by atoms with Gasteiger partial charge in [0.15, 0.2) is 6.29 Å². The molecule has 0 aliphatic rings. The van der Waals surface area contributed by atoms with Gasteiger partial charge in [-0.3, -0.25) is 0 Å². The molecular formula is C16H26O2. The van der Waals surface area contributed by atoms with E-state index in [0.29, 0.717) is 11.8 Å². The van der Waals surface area contributed by atoms with Gasteiger partial charge in [0.05, 0.1) is 0 Å². The summed E-state index contributed by atoms with van der Waals surface area (Å²) in [6.07, 6.45) is 0.139. The van der Waals surface area contributed by atoms with Crippen LogP contribution in [-0.4, -0.2) is 16.5 Å². The first-order chi connectivity index (χ1) is 8.10. The molecule has 0 aromatic heterocycles. The maximum atomic E-state index is 8.94. The summed E-state index contributed by atoms with van der Waals surface area (Å²) in [5.74, 6) is 0. The van der Waals surface area contributed by atoms with Crippen LogP contribution in [0, 0.1) is 5.41 Å². The Bertz CT molecular complexity index is 369. The van der Waals surface area contributed by atoms with E-state index >= 15 is 0 Å². The molecule has 0 saturated heterocycles.